The number of aromatic nitrogens is 3. The van der Waals surface area contributed by atoms with Gasteiger partial charge in [-0.05, 0) is 18.1 Å². The van der Waals surface area contributed by atoms with Gasteiger partial charge in [0, 0.05) is 0 Å². The Morgan fingerprint density at radius 2 is 2.16 bits per heavy atom. The summed E-state index contributed by atoms with van der Waals surface area (Å²) in [6.45, 7) is 1.93. The van der Waals surface area contributed by atoms with Crippen LogP contribution in [-0.2, 0) is 0 Å². The predicted molar refractivity (Wildman–Crippen MR) is 74.9 cm³/mol. The van der Waals surface area contributed by atoms with Gasteiger partial charge in [0.1, 0.15) is 0 Å². The Morgan fingerprint density at radius 1 is 1.37 bits per heavy atom. The number of H-pyrrole nitrogens is 1. The first-order chi connectivity index (χ1) is 9.24. The summed E-state index contributed by atoms with van der Waals surface area (Å²) in [6, 6.07) is 9.93. The van der Waals surface area contributed by atoms with E-state index < -0.39 is 5.69 Å². The molecule has 6 heteroatoms. The molecule has 6 nitrogen and oxygen atoms in total. The topological polar surface area (TPSA) is 83.0 Å². The van der Waals surface area contributed by atoms with Crippen LogP contribution in [0.1, 0.15) is 12.5 Å². The highest BCUT2D eigenvalue weighted by Crippen LogP contribution is 2.04. The van der Waals surface area contributed by atoms with E-state index in [2.05, 4.69) is 25.7 Å². The Hall–Kier alpha value is -2.76. The maximum absolute atomic E-state index is 10.9. The summed E-state index contributed by atoms with van der Waals surface area (Å²) in [4.78, 5) is 14.5. The lowest BCUT2D eigenvalue weighted by Crippen LogP contribution is -2.13. The maximum Gasteiger partial charge on any atom is 0.363 e. The number of rotatable bonds is 4. The van der Waals surface area contributed by atoms with Crippen LogP contribution in [-0.4, -0.2) is 21.4 Å². The predicted octanol–water partition coefficient (Wildman–Crippen LogP) is 1.67. The van der Waals surface area contributed by atoms with Crippen LogP contribution in [0.3, 0.4) is 0 Å². The van der Waals surface area contributed by atoms with Crippen molar-refractivity contribution in [3.05, 3.63) is 58.1 Å². The van der Waals surface area contributed by atoms with Crippen LogP contribution in [0, 0.1) is 0 Å². The molecular formula is C13H13N5O. The molecule has 19 heavy (non-hydrogen) atoms. The van der Waals surface area contributed by atoms with Crippen LogP contribution < -0.4 is 11.1 Å². The van der Waals surface area contributed by atoms with Gasteiger partial charge in [0.15, 0.2) is 5.82 Å². The lowest BCUT2D eigenvalue weighted by Gasteiger charge is -1.97. The largest absolute Gasteiger partial charge is 0.363 e. The Kier molecular flexibility index (Phi) is 4.17. The minimum absolute atomic E-state index is 0.299. The molecule has 0 radical (unpaired) electrons. The monoisotopic (exact) mass is 255 g/mol. The normalized spacial score (nSPS) is 11.7. The molecule has 0 atom stereocenters. The van der Waals surface area contributed by atoms with Gasteiger partial charge in [-0.1, -0.05) is 36.4 Å². The van der Waals surface area contributed by atoms with E-state index >= 15 is 0 Å². The third kappa shape index (κ3) is 4.19. The molecular weight excluding hydrogens is 242 g/mol. The van der Waals surface area contributed by atoms with E-state index in [9.17, 15) is 4.79 Å². The van der Waals surface area contributed by atoms with Gasteiger partial charge in [0.2, 0.25) is 0 Å². The van der Waals surface area contributed by atoms with Crippen LogP contribution >= 0.6 is 0 Å². The molecule has 0 saturated carbocycles. The number of anilines is 1. The number of nitrogens with one attached hydrogen (secondary N) is 2. The second-order valence-corrected chi connectivity index (χ2v) is 3.84. The molecule has 2 N–H and O–H groups in total. The number of aromatic amines is 1. The molecule has 0 saturated heterocycles. The van der Waals surface area contributed by atoms with E-state index in [0.717, 1.165) is 11.1 Å². The fraction of sp³-hybridized carbons (Fsp3) is 0.0769. The minimum Gasteiger partial charge on any atom is -0.260 e. The summed E-state index contributed by atoms with van der Waals surface area (Å²) in [5, 5.41) is 9.76. The summed E-state index contributed by atoms with van der Waals surface area (Å²) < 4.78 is 0. The first-order valence-electron chi connectivity index (χ1n) is 5.68. The van der Waals surface area contributed by atoms with E-state index in [-0.39, 0.29) is 0 Å². The van der Waals surface area contributed by atoms with Crippen LogP contribution in [0.2, 0.25) is 0 Å². The summed E-state index contributed by atoms with van der Waals surface area (Å²) in [5.74, 6) is 0.299. The lowest BCUT2D eigenvalue weighted by atomic mass is 10.1. The van der Waals surface area contributed by atoms with Crippen molar-refractivity contribution in [3.8, 4) is 0 Å². The average Bonchev–Trinajstić information content (AvgIpc) is 2.40. The molecule has 0 aliphatic rings. The minimum atomic E-state index is -0.517. The molecule has 0 unspecified atom stereocenters. The molecule has 0 spiro atoms. The SMILES string of the molecule is CC(/C=N\Nc1cn[nH]c(=O)n1)=C\c1ccccc1. The number of hydrogen-bond acceptors (Lipinski definition) is 5. The number of benzene rings is 1. The fourth-order valence-electron chi connectivity index (χ4n) is 1.42. The van der Waals surface area contributed by atoms with Gasteiger partial charge < -0.3 is 0 Å². The van der Waals surface area contributed by atoms with Gasteiger partial charge in [-0.25, -0.2) is 9.89 Å². The number of hydrazone groups is 1. The molecule has 1 heterocycles. The van der Waals surface area contributed by atoms with Crippen LogP contribution in [0.4, 0.5) is 5.82 Å². The average molecular weight is 255 g/mol. The highest BCUT2D eigenvalue weighted by Gasteiger charge is 1.92. The van der Waals surface area contributed by atoms with Crippen molar-refractivity contribution < 1.29 is 0 Å². The molecule has 1 aromatic heterocycles. The molecule has 0 aliphatic heterocycles. The van der Waals surface area contributed by atoms with Crippen LogP contribution in [0.5, 0.6) is 0 Å². The molecule has 96 valence electrons. The highest BCUT2D eigenvalue weighted by atomic mass is 16.1. The first-order valence-corrected chi connectivity index (χ1v) is 5.68. The second-order valence-electron chi connectivity index (χ2n) is 3.84. The fourth-order valence-corrected chi connectivity index (χ4v) is 1.42. The maximum atomic E-state index is 10.9. The standard InChI is InChI=1S/C13H13N5O/c1-10(7-11-5-3-2-4-6-11)8-14-17-12-9-15-18-13(19)16-12/h2-9H,1H3,(H2,16,17,18,19)/b10-7+,14-8-. The third-order valence-electron chi connectivity index (χ3n) is 2.21. The smallest absolute Gasteiger partial charge is 0.260 e. The van der Waals surface area contributed by atoms with Crippen LogP contribution in [0.25, 0.3) is 6.08 Å². The number of allylic oxidation sites excluding steroid dienone is 1. The highest BCUT2D eigenvalue weighted by molar-refractivity contribution is 5.85. The third-order valence-corrected chi connectivity index (χ3v) is 2.21. The van der Waals surface area contributed by atoms with Crippen molar-refractivity contribution in [2.45, 2.75) is 6.92 Å². The van der Waals surface area contributed by atoms with E-state index in [1.807, 2.05) is 43.3 Å². The van der Waals surface area contributed by atoms with Crippen LogP contribution in [0.15, 0.2) is 52.0 Å². The quantitative estimate of drug-likeness (QED) is 0.643. The summed E-state index contributed by atoms with van der Waals surface area (Å²) in [6.07, 6.45) is 5.03. The van der Waals surface area contributed by atoms with E-state index in [1.54, 1.807) is 6.21 Å². The van der Waals surface area contributed by atoms with Gasteiger partial charge in [0.05, 0.1) is 12.4 Å². The zero-order valence-corrected chi connectivity index (χ0v) is 10.4. The zero-order chi connectivity index (χ0) is 13.5. The Bertz CT molecular complexity index is 645. The van der Waals surface area contributed by atoms with E-state index in [4.69, 9.17) is 0 Å². The number of nitrogens with zero attached hydrogens (tertiary/aromatic N) is 3. The number of hydrogen-bond donors (Lipinski definition) is 2. The Labute approximate surface area is 109 Å². The summed E-state index contributed by atoms with van der Waals surface area (Å²) in [5.41, 5.74) is 4.19. The van der Waals surface area contributed by atoms with Crippen molar-refractivity contribution >= 4 is 18.1 Å². The van der Waals surface area contributed by atoms with Crippen molar-refractivity contribution in [3.63, 3.8) is 0 Å². The lowest BCUT2D eigenvalue weighted by molar-refractivity contribution is 0.913. The summed E-state index contributed by atoms with van der Waals surface area (Å²) in [7, 11) is 0. The van der Waals surface area contributed by atoms with Gasteiger partial charge in [-0.2, -0.15) is 15.2 Å². The molecule has 0 fully saturated rings. The van der Waals surface area contributed by atoms with Gasteiger partial charge in [0.25, 0.3) is 0 Å². The second kappa shape index (κ2) is 6.25. The zero-order valence-electron chi connectivity index (χ0n) is 10.4. The molecule has 0 amide bonds. The van der Waals surface area contributed by atoms with E-state index in [0.29, 0.717) is 5.82 Å². The Morgan fingerprint density at radius 3 is 2.89 bits per heavy atom. The van der Waals surface area contributed by atoms with E-state index in [1.165, 1.54) is 6.20 Å². The molecule has 2 aromatic rings. The van der Waals surface area contributed by atoms with Crippen molar-refractivity contribution in [2.24, 2.45) is 5.10 Å². The van der Waals surface area contributed by atoms with Gasteiger partial charge in [-0.15, -0.1) is 0 Å². The molecule has 2 rings (SSSR count). The molecule has 0 bridgehead atoms. The van der Waals surface area contributed by atoms with Gasteiger partial charge >= 0.3 is 5.69 Å². The molecule has 0 aliphatic carbocycles. The Balaban J connectivity index is 1.99. The van der Waals surface area contributed by atoms with Crippen molar-refractivity contribution in [1.82, 2.24) is 15.2 Å². The summed E-state index contributed by atoms with van der Waals surface area (Å²) >= 11 is 0. The molecule has 1 aromatic carbocycles. The van der Waals surface area contributed by atoms with Gasteiger partial charge in [-0.3, -0.25) is 5.43 Å². The van der Waals surface area contributed by atoms with Crippen molar-refractivity contribution in [1.29, 1.82) is 0 Å². The first kappa shape index (κ1) is 12.7. The van der Waals surface area contributed by atoms with Crippen molar-refractivity contribution in [2.75, 3.05) is 5.43 Å².